The van der Waals surface area contributed by atoms with E-state index in [-0.39, 0.29) is 35.6 Å². The number of hydrogen-bond donors (Lipinski definition) is 3. The molecule has 3 rings (SSSR count). The van der Waals surface area contributed by atoms with Gasteiger partial charge in [0.15, 0.2) is 5.96 Å². The van der Waals surface area contributed by atoms with Crippen molar-refractivity contribution in [1.29, 1.82) is 0 Å². The van der Waals surface area contributed by atoms with Gasteiger partial charge in [0.25, 0.3) is 0 Å². The Hall–Kier alpha value is -1.64. The number of benzene rings is 2. The number of aliphatic imine (C=N–C) groups is 1. The third-order valence-electron chi connectivity index (χ3n) is 5.75. The van der Waals surface area contributed by atoms with Gasteiger partial charge >= 0.3 is 0 Å². The zero-order chi connectivity index (χ0) is 21.2. The third kappa shape index (κ3) is 8.09. The first-order valence-electron chi connectivity index (χ1n) is 11.1. The van der Waals surface area contributed by atoms with Gasteiger partial charge in [0, 0.05) is 37.9 Å². The van der Waals surface area contributed by atoms with Crippen molar-refractivity contribution in [3.63, 3.8) is 0 Å². The van der Waals surface area contributed by atoms with Crippen molar-refractivity contribution in [3.05, 3.63) is 71.3 Å². The predicted molar refractivity (Wildman–Crippen MR) is 140 cm³/mol. The summed E-state index contributed by atoms with van der Waals surface area (Å²) in [5.74, 6) is 0.859. The molecule has 1 saturated heterocycles. The van der Waals surface area contributed by atoms with E-state index in [4.69, 9.17) is 9.73 Å². The maximum absolute atomic E-state index is 5.67. The fourth-order valence-corrected chi connectivity index (χ4v) is 3.88. The molecule has 0 aliphatic carbocycles. The van der Waals surface area contributed by atoms with Crippen LogP contribution >= 0.6 is 24.0 Å². The second kappa shape index (κ2) is 13.0. The van der Waals surface area contributed by atoms with Crippen molar-refractivity contribution in [2.75, 3.05) is 26.3 Å². The minimum absolute atomic E-state index is 0. The second-order valence-corrected chi connectivity index (χ2v) is 8.20. The van der Waals surface area contributed by atoms with Gasteiger partial charge in [-0.2, -0.15) is 0 Å². The summed E-state index contributed by atoms with van der Waals surface area (Å²) >= 11 is 0. The Kier molecular flexibility index (Phi) is 10.8. The average Bonchev–Trinajstić information content (AvgIpc) is 2.78. The molecule has 1 unspecified atom stereocenters. The Balaban J connectivity index is 0.00000341. The van der Waals surface area contributed by atoms with E-state index in [0.29, 0.717) is 6.54 Å². The molecule has 170 valence electrons. The Bertz CT molecular complexity index is 789. The van der Waals surface area contributed by atoms with Gasteiger partial charge in [-0.1, -0.05) is 60.2 Å². The molecule has 0 saturated carbocycles. The van der Waals surface area contributed by atoms with E-state index in [1.807, 2.05) is 0 Å². The standard InChI is InChI=1S/C25H36N4O.HI/c1-4-26-24(27-18-22-12-10-20(2)11-13-22)28-19-25(14-16-30-17-15-25)29-21(3)23-8-6-5-7-9-23;/h5-13,21,29H,4,14-19H2,1-3H3,(H2,26,27,28);1H. The van der Waals surface area contributed by atoms with Crippen LogP contribution in [0.3, 0.4) is 0 Å². The number of nitrogens with one attached hydrogen (secondary N) is 3. The van der Waals surface area contributed by atoms with Crippen LogP contribution in [0.2, 0.25) is 0 Å². The highest BCUT2D eigenvalue weighted by molar-refractivity contribution is 14.0. The molecule has 1 aliphatic rings. The summed E-state index contributed by atoms with van der Waals surface area (Å²) in [4.78, 5) is 4.80. The van der Waals surface area contributed by atoms with Crippen LogP contribution in [-0.4, -0.2) is 37.8 Å². The topological polar surface area (TPSA) is 57.7 Å². The number of halogens is 1. The number of aryl methyl sites for hydroxylation is 1. The van der Waals surface area contributed by atoms with Crippen LogP contribution in [0.25, 0.3) is 0 Å². The van der Waals surface area contributed by atoms with E-state index in [0.717, 1.165) is 45.1 Å². The summed E-state index contributed by atoms with van der Waals surface area (Å²) in [5, 5.41) is 10.9. The summed E-state index contributed by atoms with van der Waals surface area (Å²) in [6, 6.07) is 19.5. The largest absolute Gasteiger partial charge is 0.381 e. The molecule has 1 aliphatic heterocycles. The Morgan fingerprint density at radius 1 is 1.03 bits per heavy atom. The van der Waals surface area contributed by atoms with Crippen molar-refractivity contribution in [2.24, 2.45) is 4.99 Å². The van der Waals surface area contributed by atoms with Crippen molar-refractivity contribution in [1.82, 2.24) is 16.0 Å². The lowest BCUT2D eigenvalue weighted by molar-refractivity contribution is 0.0355. The highest BCUT2D eigenvalue weighted by Crippen LogP contribution is 2.25. The van der Waals surface area contributed by atoms with Gasteiger partial charge in [-0.05, 0) is 44.7 Å². The van der Waals surface area contributed by atoms with Crippen LogP contribution in [0.5, 0.6) is 0 Å². The lowest BCUT2D eigenvalue weighted by atomic mass is 9.88. The van der Waals surface area contributed by atoms with Crippen molar-refractivity contribution in [2.45, 2.75) is 51.7 Å². The van der Waals surface area contributed by atoms with Crippen molar-refractivity contribution >= 4 is 29.9 Å². The lowest BCUT2D eigenvalue weighted by Gasteiger charge is -2.41. The van der Waals surface area contributed by atoms with Gasteiger partial charge in [0.2, 0.25) is 0 Å². The zero-order valence-corrected chi connectivity index (χ0v) is 21.3. The summed E-state index contributed by atoms with van der Waals surface area (Å²) < 4.78 is 5.67. The van der Waals surface area contributed by atoms with Gasteiger partial charge in [-0.15, -0.1) is 24.0 Å². The van der Waals surface area contributed by atoms with Gasteiger partial charge < -0.3 is 20.7 Å². The molecule has 6 heteroatoms. The molecule has 1 heterocycles. The Morgan fingerprint density at radius 3 is 2.35 bits per heavy atom. The van der Waals surface area contributed by atoms with Crippen LogP contribution in [0.1, 0.15) is 49.4 Å². The van der Waals surface area contributed by atoms with E-state index in [1.165, 1.54) is 16.7 Å². The summed E-state index contributed by atoms with van der Waals surface area (Å²) in [6.45, 7) is 10.3. The Morgan fingerprint density at radius 2 is 1.71 bits per heavy atom. The molecule has 1 fully saturated rings. The summed E-state index contributed by atoms with van der Waals surface area (Å²) in [6.07, 6.45) is 1.96. The maximum atomic E-state index is 5.67. The van der Waals surface area contributed by atoms with Gasteiger partial charge in [0.05, 0.1) is 6.54 Å². The SMILES string of the molecule is CCNC(=NCc1ccc(C)cc1)NCC1(NC(C)c2ccccc2)CCOCC1.I. The minimum Gasteiger partial charge on any atom is -0.381 e. The number of hydrogen-bond acceptors (Lipinski definition) is 3. The van der Waals surface area contributed by atoms with E-state index in [9.17, 15) is 0 Å². The fourth-order valence-electron chi connectivity index (χ4n) is 3.88. The van der Waals surface area contributed by atoms with Crippen LogP contribution in [-0.2, 0) is 11.3 Å². The van der Waals surface area contributed by atoms with Gasteiger partial charge in [0.1, 0.15) is 0 Å². The summed E-state index contributed by atoms with van der Waals surface area (Å²) in [5.41, 5.74) is 3.78. The van der Waals surface area contributed by atoms with E-state index < -0.39 is 0 Å². The third-order valence-corrected chi connectivity index (χ3v) is 5.75. The van der Waals surface area contributed by atoms with E-state index in [2.05, 4.69) is 91.3 Å². The van der Waals surface area contributed by atoms with E-state index in [1.54, 1.807) is 0 Å². The average molecular weight is 537 g/mol. The lowest BCUT2D eigenvalue weighted by Crippen LogP contribution is -2.58. The summed E-state index contributed by atoms with van der Waals surface area (Å²) in [7, 11) is 0. The molecule has 0 bridgehead atoms. The number of nitrogens with zero attached hydrogens (tertiary/aromatic N) is 1. The molecular formula is C25H37IN4O. The molecule has 0 spiro atoms. The molecule has 2 aromatic carbocycles. The van der Waals surface area contributed by atoms with Crippen molar-refractivity contribution < 1.29 is 4.74 Å². The minimum atomic E-state index is -0.0203. The molecular weight excluding hydrogens is 499 g/mol. The fraction of sp³-hybridized carbons (Fsp3) is 0.480. The van der Waals surface area contributed by atoms with E-state index >= 15 is 0 Å². The zero-order valence-electron chi connectivity index (χ0n) is 19.0. The normalized spacial score (nSPS) is 16.8. The first-order valence-corrected chi connectivity index (χ1v) is 11.1. The Labute approximate surface area is 204 Å². The van der Waals surface area contributed by atoms with Gasteiger partial charge in [-0.3, -0.25) is 0 Å². The molecule has 0 aromatic heterocycles. The molecule has 1 atom stereocenters. The number of guanidine groups is 1. The smallest absolute Gasteiger partial charge is 0.191 e. The monoisotopic (exact) mass is 536 g/mol. The predicted octanol–water partition coefficient (Wildman–Crippen LogP) is 4.57. The first-order chi connectivity index (χ1) is 14.6. The number of rotatable bonds is 8. The van der Waals surface area contributed by atoms with Crippen LogP contribution < -0.4 is 16.0 Å². The quantitative estimate of drug-likeness (QED) is 0.263. The second-order valence-electron chi connectivity index (χ2n) is 8.20. The molecule has 2 aromatic rings. The van der Waals surface area contributed by atoms with Crippen LogP contribution in [0.4, 0.5) is 0 Å². The molecule has 3 N–H and O–H groups in total. The first kappa shape index (κ1) is 25.6. The van der Waals surface area contributed by atoms with Crippen LogP contribution in [0.15, 0.2) is 59.6 Å². The molecule has 0 radical (unpaired) electrons. The van der Waals surface area contributed by atoms with Crippen molar-refractivity contribution in [3.8, 4) is 0 Å². The maximum Gasteiger partial charge on any atom is 0.191 e. The highest BCUT2D eigenvalue weighted by Gasteiger charge is 2.34. The molecule has 0 amide bonds. The number of ether oxygens (including phenoxy) is 1. The highest BCUT2D eigenvalue weighted by atomic mass is 127. The van der Waals surface area contributed by atoms with Gasteiger partial charge in [-0.25, -0.2) is 4.99 Å². The van der Waals surface area contributed by atoms with Crippen LogP contribution in [0, 0.1) is 6.92 Å². The molecule has 31 heavy (non-hydrogen) atoms. The molecule has 5 nitrogen and oxygen atoms in total.